The zero-order chi connectivity index (χ0) is 14.9. The van der Waals surface area contributed by atoms with Crippen LogP contribution in [0.15, 0.2) is 29.9 Å². The quantitative estimate of drug-likeness (QED) is 0.533. The lowest BCUT2D eigenvalue weighted by molar-refractivity contribution is 0.322. The van der Waals surface area contributed by atoms with Gasteiger partial charge in [-0.25, -0.2) is 8.78 Å². The smallest absolute Gasteiger partial charge is 0.166 e. The third-order valence-corrected chi connectivity index (χ3v) is 3.02. The van der Waals surface area contributed by atoms with Crippen LogP contribution in [-0.4, -0.2) is 21.2 Å². The minimum Gasteiger partial charge on any atom is -0.411 e. The molecule has 104 valence electrons. The van der Waals surface area contributed by atoms with E-state index in [9.17, 15) is 8.78 Å². The van der Waals surface area contributed by atoms with Gasteiger partial charge in [0.15, 0.2) is 11.6 Å². The van der Waals surface area contributed by atoms with Crippen LogP contribution in [0.1, 0.15) is 22.5 Å². The maximum atomic E-state index is 13.8. The van der Waals surface area contributed by atoms with E-state index >= 15 is 0 Å². The Morgan fingerprint density at radius 1 is 1.45 bits per heavy atom. The number of aromatic nitrogens is 2. The van der Waals surface area contributed by atoms with Gasteiger partial charge in [0.25, 0.3) is 0 Å². The molecule has 2 rings (SSSR count). The second kappa shape index (κ2) is 5.24. The van der Waals surface area contributed by atoms with Crippen LogP contribution in [-0.2, 0) is 7.05 Å². The van der Waals surface area contributed by atoms with E-state index in [4.69, 9.17) is 5.21 Å². The normalized spacial score (nSPS) is 11.2. The molecule has 0 amide bonds. The fourth-order valence-electron chi connectivity index (χ4n) is 2.11. The molecule has 0 atom stereocenters. The first-order valence-electron chi connectivity index (χ1n) is 5.82. The molecule has 1 N–H and O–H groups in total. The van der Waals surface area contributed by atoms with Gasteiger partial charge in [-0.15, -0.1) is 0 Å². The summed E-state index contributed by atoms with van der Waals surface area (Å²) in [6, 6.07) is 3.88. The van der Waals surface area contributed by atoms with Crippen LogP contribution in [0.5, 0.6) is 0 Å². The molecule has 1 heterocycles. The lowest BCUT2D eigenvalue weighted by Crippen LogP contribution is -2.03. The minimum atomic E-state index is -0.969. The summed E-state index contributed by atoms with van der Waals surface area (Å²) in [5.41, 5.74) is 1.87. The molecule has 0 saturated carbocycles. The van der Waals surface area contributed by atoms with Crippen molar-refractivity contribution in [1.29, 1.82) is 0 Å². The second-order valence-corrected chi connectivity index (χ2v) is 4.30. The first-order valence-corrected chi connectivity index (χ1v) is 5.82. The molecule has 20 heavy (non-hydrogen) atoms. The van der Waals surface area contributed by atoms with E-state index in [1.165, 1.54) is 23.0 Å². The molecule has 1 aromatic heterocycles. The van der Waals surface area contributed by atoms with Crippen molar-refractivity contribution in [2.45, 2.75) is 6.92 Å². The summed E-state index contributed by atoms with van der Waals surface area (Å²) in [6.45, 7) is 5.52. The topological polar surface area (TPSA) is 50.4 Å². The summed E-state index contributed by atoms with van der Waals surface area (Å²) < 4.78 is 28.6. The molecule has 6 heteroatoms. The first-order chi connectivity index (χ1) is 9.47. The second-order valence-electron chi connectivity index (χ2n) is 4.30. The van der Waals surface area contributed by atoms with E-state index in [2.05, 4.69) is 16.8 Å². The molecular weight excluding hydrogens is 264 g/mol. The number of nitrogens with zero attached hydrogens (tertiary/aromatic N) is 3. The molecule has 4 nitrogen and oxygen atoms in total. The summed E-state index contributed by atoms with van der Waals surface area (Å²) in [4.78, 5) is 0. The van der Waals surface area contributed by atoms with Crippen LogP contribution in [0.25, 0.3) is 5.57 Å². The van der Waals surface area contributed by atoms with E-state index in [0.717, 1.165) is 6.07 Å². The summed E-state index contributed by atoms with van der Waals surface area (Å²) in [5.74, 6) is -1.91. The molecule has 2 aromatic rings. The highest BCUT2D eigenvalue weighted by Crippen LogP contribution is 2.28. The Balaban J connectivity index is 2.62. The highest BCUT2D eigenvalue weighted by Gasteiger charge is 2.19. The molecule has 0 radical (unpaired) electrons. The molecule has 0 unspecified atom stereocenters. The van der Waals surface area contributed by atoms with Gasteiger partial charge >= 0.3 is 0 Å². The molecule has 0 fully saturated rings. The molecule has 0 aliphatic carbocycles. The zero-order valence-electron chi connectivity index (χ0n) is 11.1. The largest absolute Gasteiger partial charge is 0.411 e. The number of oxime groups is 1. The van der Waals surface area contributed by atoms with Gasteiger partial charge < -0.3 is 5.21 Å². The fourth-order valence-corrected chi connectivity index (χ4v) is 2.11. The third kappa shape index (κ3) is 2.20. The molecule has 1 aromatic carbocycles. The van der Waals surface area contributed by atoms with Crippen LogP contribution in [0.2, 0.25) is 0 Å². The van der Waals surface area contributed by atoms with Crippen LogP contribution < -0.4 is 0 Å². The van der Waals surface area contributed by atoms with E-state index in [0.29, 0.717) is 17.0 Å². The number of benzene rings is 1. The van der Waals surface area contributed by atoms with Crippen LogP contribution >= 0.6 is 0 Å². The van der Waals surface area contributed by atoms with E-state index in [-0.39, 0.29) is 11.1 Å². The fraction of sp³-hybridized carbons (Fsp3) is 0.143. The predicted octanol–water partition coefficient (Wildman–Crippen LogP) is 2.88. The molecule has 0 aliphatic heterocycles. The Morgan fingerprint density at radius 2 is 2.15 bits per heavy atom. The third-order valence-electron chi connectivity index (χ3n) is 3.02. The van der Waals surface area contributed by atoms with Crippen molar-refractivity contribution in [3.63, 3.8) is 0 Å². The maximum absolute atomic E-state index is 13.8. The van der Waals surface area contributed by atoms with Crippen molar-refractivity contribution in [3.8, 4) is 0 Å². The van der Waals surface area contributed by atoms with E-state index < -0.39 is 11.6 Å². The van der Waals surface area contributed by atoms with Crippen molar-refractivity contribution in [2.75, 3.05) is 0 Å². The number of hydrogen-bond donors (Lipinski definition) is 1. The van der Waals surface area contributed by atoms with Crippen molar-refractivity contribution in [3.05, 3.63) is 58.9 Å². The van der Waals surface area contributed by atoms with Gasteiger partial charge in [0.1, 0.15) is 0 Å². The van der Waals surface area contributed by atoms with Gasteiger partial charge in [-0.3, -0.25) is 4.68 Å². The van der Waals surface area contributed by atoms with Gasteiger partial charge in [-0.05, 0) is 13.0 Å². The van der Waals surface area contributed by atoms with Gasteiger partial charge in [-0.2, -0.15) is 5.10 Å². The molecule has 0 saturated heterocycles. The lowest BCUT2D eigenvalue weighted by atomic mass is 10.00. The van der Waals surface area contributed by atoms with Crippen molar-refractivity contribution < 1.29 is 14.0 Å². The van der Waals surface area contributed by atoms with E-state index in [1.807, 2.05) is 0 Å². The van der Waals surface area contributed by atoms with Gasteiger partial charge in [-0.1, -0.05) is 23.9 Å². The van der Waals surface area contributed by atoms with Crippen molar-refractivity contribution in [1.82, 2.24) is 9.78 Å². The highest BCUT2D eigenvalue weighted by molar-refractivity contribution is 5.91. The average Bonchev–Trinajstić information content (AvgIpc) is 2.67. The first kappa shape index (κ1) is 13.9. The molecule has 0 bridgehead atoms. The molecule has 0 aliphatic rings. The lowest BCUT2D eigenvalue weighted by Gasteiger charge is -2.09. The van der Waals surface area contributed by atoms with Crippen molar-refractivity contribution in [2.24, 2.45) is 12.2 Å². The zero-order valence-corrected chi connectivity index (χ0v) is 11.1. The average molecular weight is 277 g/mol. The van der Waals surface area contributed by atoms with Crippen LogP contribution in [0, 0.1) is 18.6 Å². The van der Waals surface area contributed by atoms with Gasteiger partial charge in [0, 0.05) is 23.7 Å². The van der Waals surface area contributed by atoms with Gasteiger partial charge in [0.05, 0.1) is 17.6 Å². The standard InChI is InChI=1S/C14H13F2N3O/c1-8(10-5-4-6-12(15)13(10)16)14-11(7-17-20)9(2)18-19(14)3/h4-7,20H,1H2,2-3H3/b17-7+. The minimum absolute atomic E-state index is 0.0422. The summed E-state index contributed by atoms with van der Waals surface area (Å²) in [6.07, 6.45) is 1.19. The number of aryl methyl sites for hydroxylation is 2. The maximum Gasteiger partial charge on any atom is 0.166 e. The predicted molar refractivity (Wildman–Crippen MR) is 71.8 cm³/mol. The van der Waals surface area contributed by atoms with Gasteiger partial charge in [0.2, 0.25) is 0 Å². The number of halogens is 2. The number of hydrogen-bond acceptors (Lipinski definition) is 3. The number of rotatable bonds is 3. The Kier molecular flexibility index (Phi) is 3.65. The Hall–Kier alpha value is -2.50. The Morgan fingerprint density at radius 3 is 2.80 bits per heavy atom. The Bertz CT molecular complexity index is 705. The Labute approximate surface area is 114 Å². The summed E-state index contributed by atoms with van der Waals surface area (Å²) in [5, 5.41) is 15.8. The highest BCUT2D eigenvalue weighted by atomic mass is 19.2. The summed E-state index contributed by atoms with van der Waals surface area (Å²) in [7, 11) is 1.65. The molecule has 0 spiro atoms. The van der Waals surface area contributed by atoms with Crippen molar-refractivity contribution >= 4 is 11.8 Å². The van der Waals surface area contributed by atoms with Crippen LogP contribution in [0.4, 0.5) is 8.78 Å². The SMILES string of the molecule is C=C(c1cccc(F)c1F)c1c(/C=N/O)c(C)nn1C. The van der Waals surface area contributed by atoms with Crippen LogP contribution in [0.3, 0.4) is 0 Å². The summed E-state index contributed by atoms with van der Waals surface area (Å²) >= 11 is 0. The van der Waals surface area contributed by atoms with E-state index in [1.54, 1.807) is 14.0 Å². The molecular formula is C14H13F2N3O. The monoisotopic (exact) mass is 277 g/mol.